The van der Waals surface area contributed by atoms with E-state index in [4.69, 9.17) is 0 Å². The molecule has 0 bridgehead atoms. The first-order valence-corrected chi connectivity index (χ1v) is 6.10. The maximum Gasteiger partial charge on any atom is 0.0322 e. The molecule has 76 valence electrons. The number of allylic oxidation sites excluding steroid dienone is 2. The molecule has 1 atom stereocenters. The van der Waals surface area contributed by atoms with Crippen LogP contribution in [0.2, 0.25) is 0 Å². The van der Waals surface area contributed by atoms with Crippen LogP contribution in [0.4, 0.5) is 0 Å². The summed E-state index contributed by atoms with van der Waals surface area (Å²) in [6.45, 7) is 7.45. The number of rotatable bonds is 9. The van der Waals surface area contributed by atoms with Crippen LogP contribution in [0.3, 0.4) is 0 Å². The Kier molecular flexibility index (Phi) is 10.0. The van der Waals surface area contributed by atoms with E-state index in [9.17, 15) is 0 Å². The Bertz CT molecular complexity index is 129. The molecule has 0 aliphatic rings. The quantitative estimate of drug-likeness (QED) is 0.309. The van der Waals surface area contributed by atoms with Crippen LogP contribution in [0.25, 0.3) is 0 Å². The van der Waals surface area contributed by atoms with Crippen molar-refractivity contribution in [1.29, 1.82) is 0 Å². The molecule has 0 saturated carbocycles. The molecule has 0 spiro atoms. The largest absolute Gasteiger partial charge is 0.103 e. The fourth-order valence-corrected chi connectivity index (χ4v) is 1.60. The lowest BCUT2D eigenvalue weighted by Crippen LogP contribution is -1.91. The lowest BCUT2D eigenvalue weighted by atomic mass is 10.1. The maximum absolute atomic E-state index is 3.74. The minimum atomic E-state index is 0.515. The molecule has 13 heavy (non-hydrogen) atoms. The standard InChI is InChI=1S/C12H21Br/c1-3-5-6-7-8-9-10-11-12(13)4-2/h3-4,12H,1-2,5-11H2. The summed E-state index contributed by atoms with van der Waals surface area (Å²) in [7, 11) is 0. The SMILES string of the molecule is C=CCCCCCCCC(Br)C=C. The van der Waals surface area contributed by atoms with Crippen LogP contribution in [-0.4, -0.2) is 4.83 Å². The molecule has 0 saturated heterocycles. The summed E-state index contributed by atoms with van der Waals surface area (Å²) in [4.78, 5) is 0.515. The minimum absolute atomic E-state index is 0.515. The second-order valence-electron chi connectivity index (χ2n) is 3.39. The van der Waals surface area contributed by atoms with Crippen LogP contribution in [0.5, 0.6) is 0 Å². The predicted molar refractivity (Wildman–Crippen MR) is 65.4 cm³/mol. The van der Waals surface area contributed by atoms with E-state index in [0.29, 0.717) is 4.83 Å². The highest BCUT2D eigenvalue weighted by Gasteiger charge is 1.96. The van der Waals surface area contributed by atoms with Crippen molar-refractivity contribution in [2.75, 3.05) is 0 Å². The van der Waals surface area contributed by atoms with E-state index < -0.39 is 0 Å². The molecular weight excluding hydrogens is 224 g/mol. The highest BCUT2D eigenvalue weighted by molar-refractivity contribution is 9.09. The Morgan fingerprint density at radius 1 is 1.00 bits per heavy atom. The molecule has 0 heterocycles. The Hall–Kier alpha value is -0.0400. The van der Waals surface area contributed by atoms with Crippen molar-refractivity contribution < 1.29 is 0 Å². The predicted octanol–water partition coefficient (Wildman–Crippen LogP) is 4.85. The zero-order valence-corrected chi connectivity index (χ0v) is 10.1. The van der Waals surface area contributed by atoms with Crippen LogP contribution in [0.15, 0.2) is 25.3 Å². The van der Waals surface area contributed by atoms with Gasteiger partial charge in [-0.1, -0.05) is 53.8 Å². The van der Waals surface area contributed by atoms with Crippen LogP contribution >= 0.6 is 15.9 Å². The molecule has 0 aromatic carbocycles. The summed E-state index contributed by atoms with van der Waals surface area (Å²) in [5.74, 6) is 0. The molecule has 1 heteroatoms. The first kappa shape index (κ1) is 13.0. The molecule has 0 fully saturated rings. The normalized spacial score (nSPS) is 12.4. The van der Waals surface area contributed by atoms with E-state index in [0.717, 1.165) is 0 Å². The van der Waals surface area contributed by atoms with Gasteiger partial charge in [-0.25, -0.2) is 0 Å². The summed E-state index contributed by atoms with van der Waals surface area (Å²) in [5, 5.41) is 0. The molecule has 0 radical (unpaired) electrons. The van der Waals surface area contributed by atoms with Gasteiger partial charge in [0.15, 0.2) is 0 Å². The van der Waals surface area contributed by atoms with E-state index in [1.54, 1.807) is 0 Å². The van der Waals surface area contributed by atoms with Crippen LogP contribution in [0, 0.1) is 0 Å². The highest BCUT2D eigenvalue weighted by atomic mass is 79.9. The third-order valence-corrected chi connectivity index (χ3v) is 2.98. The van der Waals surface area contributed by atoms with Crippen molar-refractivity contribution in [3.8, 4) is 0 Å². The van der Waals surface area contributed by atoms with Crippen molar-refractivity contribution in [3.63, 3.8) is 0 Å². The molecule has 0 N–H and O–H groups in total. The van der Waals surface area contributed by atoms with E-state index >= 15 is 0 Å². The molecular formula is C12H21Br. The smallest absolute Gasteiger partial charge is 0.0322 e. The third kappa shape index (κ3) is 9.88. The van der Waals surface area contributed by atoms with Gasteiger partial charge in [0.1, 0.15) is 0 Å². The topological polar surface area (TPSA) is 0 Å². The summed E-state index contributed by atoms with van der Waals surface area (Å²) < 4.78 is 0. The monoisotopic (exact) mass is 244 g/mol. The fraction of sp³-hybridized carbons (Fsp3) is 0.667. The number of hydrogen-bond acceptors (Lipinski definition) is 0. The van der Waals surface area contributed by atoms with Gasteiger partial charge in [-0.3, -0.25) is 0 Å². The Balaban J connectivity index is 2.99. The second kappa shape index (κ2) is 10.0. The van der Waals surface area contributed by atoms with E-state index in [-0.39, 0.29) is 0 Å². The van der Waals surface area contributed by atoms with Crippen molar-refractivity contribution in [2.45, 2.75) is 49.8 Å². The van der Waals surface area contributed by atoms with Gasteiger partial charge in [0.25, 0.3) is 0 Å². The molecule has 0 aliphatic carbocycles. The van der Waals surface area contributed by atoms with E-state index in [2.05, 4.69) is 29.1 Å². The van der Waals surface area contributed by atoms with Gasteiger partial charge in [-0.05, 0) is 19.3 Å². The van der Waals surface area contributed by atoms with Gasteiger partial charge in [-0.15, -0.1) is 13.2 Å². The van der Waals surface area contributed by atoms with Crippen molar-refractivity contribution >= 4 is 15.9 Å². The molecule has 0 rings (SSSR count). The minimum Gasteiger partial charge on any atom is -0.103 e. The molecule has 0 aliphatic heterocycles. The lowest BCUT2D eigenvalue weighted by molar-refractivity contribution is 0.604. The van der Waals surface area contributed by atoms with Gasteiger partial charge < -0.3 is 0 Å². The first-order chi connectivity index (χ1) is 6.31. The van der Waals surface area contributed by atoms with Gasteiger partial charge in [0.05, 0.1) is 0 Å². The maximum atomic E-state index is 3.74. The Labute approximate surface area is 91.2 Å². The number of alkyl halides is 1. The fourth-order valence-electron chi connectivity index (χ4n) is 1.28. The lowest BCUT2D eigenvalue weighted by Gasteiger charge is -2.03. The Morgan fingerprint density at radius 3 is 2.23 bits per heavy atom. The number of unbranched alkanes of at least 4 members (excludes halogenated alkanes) is 5. The van der Waals surface area contributed by atoms with Gasteiger partial charge in [0, 0.05) is 4.83 Å². The average molecular weight is 245 g/mol. The molecule has 0 aromatic heterocycles. The van der Waals surface area contributed by atoms with Crippen molar-refractivity contribution in [2.24, 2.45) is 0 Å². The average Bonchev–Trinajstić information content (AvgIpc) is 2.16. The summed E-state index contributed by atoms with van der Waals surface area (Å²) in [6, 6.07) is 0. The van der Waals surface area contributed by atoms with Crippen molar-refractivity contribution in [1.82, 2.24) is 0 Å². The number of hydrogen-bond donors (Lipinski definition) is 0. The van der Waals surface area contributed by atoms with Crippen molar-refractivity contribution in [3.05, 3.63) is 25.3 Å². The van der Waals surface area contributed by atoms with Crippen LogP contribution in [0.1, 0.15) is 44.9 Å². The van der Waals surface area contributed by atoms with E-state index in [1.807, 2.05) is 12.2 Å². The zero-order valence-electron chi connectivity index (χ0n) is 8.47. The van der Waals surface area contributed by atoms with E-state index in [1.165, 1.54) is 44.9 Å². The Morgan fingerprint density at radius 2 is 1.62 bits per heavy atom. The van der Waals surface area contributed by atoms with Gasteiger partial charge in [-0.2, -0.15) is 0 Å². The molecule has 0 nitrogen and oxygen atoms in total. The zero-order chi connectivity index (χ0) is 9.94. The summed E-state index contributed by atoms with van der Waals surface area (Å²) >= 11 is 3.54. The number of halogens is 1. The van der Waals surface area contributed by atoms with Gasteiger partial charge >= 0.3 is 0 Å². The van der Waals surface area contributed by atoms with Crippen LogP contribution in [-0.2, 0) is 0 Å². The summed E-state index contributed by atoms with van der Waals surface area (Å²) in [5.41, 5.74) is 0. The van der Waals surface area contributed by atoms with Gasteiger partial charge in [0.2, 0.25) is 0 Å². The third-order valence-electron chi connectivity index (χ3n) is 2.14. The molecule has 0 aromatic rings. The summed E-state index contributed by atoms with van der Waals surface area (Å²) in [6.07, 6.45) is 13.1. The highest BCUT2D eigenvalue weighted by Crippen LogP contribution is 2.13. The first-order valence-electron chi connectivity index (χ1n) is 5.18. The molecule has 1 unspecified atom stereocenters. The van der Waals surface area contributed by atoms with Crippen LogP contribution < -0.4 is 0 Å². The molecule has 0 amide bonds. The second-order valence-corrected chi connectivity index (χ2v) is 4.56.